The number of ether oxygens (including phenoxy) is 1. The van der Waals surface area contributed by atoms with Gasteiger partial charge in [-0.25, -0.2) is 4.79 Å². The summed E-state index contributed by atoms with van der Waals surface area (Å²) >= 11 is 3.28. The number of hydrogen-bond acceptors (Lipinski definition) is 7. The summed E-state index contributed by atoms with van der Waals surface area (Å²) in [7, 11) is -1.53. The number of rotatable bonds is 8. The largest absolute Gasteiger partial charge is 0.456 e. The summed E-state index contributed by atoms with van der Waals surface area (Å²) < 4.78 is 18.2. The molecule has 2 heterocycles. The number of amides is 2. The van der Waals surface area contributed by atoms with Gasteiger partial charge in [-0.15, -0.1) is 0 Å². The number of carbonyl (C=O) groups excluding carboxylic acids is 3. The van der Waals surface area contributed by atoms with Gasteiger partial charge in [0.2, 0.25) is 5.91 Å². The standard InChI is InChI=1S/C23H20BrN3O7S/c24-11-16-13-35(33)22-19(25-18(28)10-14-4-2-1-3-5-14)21(29)26(22)20(16)23(30)34-12-15-6-8-17(9-7-15)27(31)32/h1-9,19,22H,10-13H2,(H,25,28). The van der Waals surface area contributed by atoms with Crippen molar-refractivity contribution < 1.29 is 28.3 Å². The van der Waals surface area contributed by atoms with E-state index in [-0.39, 0.29) is 41.4 Å². The highest BCUT2D eigenvalue weighted by Gasteiger charge is 2.57. The molecule has 3 atom stereocenters. The molecule has 2 aliphatic rings. The lowest BCUT2D eigenvalue weighted by atomic mass is 10.0. The number of nitrogens with zero attached hydrogens (tertiary/aromatic N) is 2. The number of non-ortho nitro benzene ring substituents is 1. The Bertz CT molecular complexity index is 1230. The molecule has 0 saturated carbocycles. The third-order valence-corrected chi connectivity index (χ3v) is 7.93. The SMILES string of the molecule is O=C(Cc1ccccc1)NC1C(=O)N2C(C(=O)OCc3ccc([N+](=O)[O-])cc3)=C(CBr)CS(=O)C12. The molecule has 1 N–H and O–H groups in total. The Balaban J connectivity index is 1.45. The Morgan fingerprint density at radius 1 is 1.14 bits per heavy atom. The summed E-state index contributed by atoms with van der Waals surface area (Å²) in [4.78, 5) is 49.7. The highest BCUT2D eigenvalue weighted by atomic mass is 79.9. The minimum Gasteiger partial charge on any atom is -0.456 e. The number of benzene rings is 2. The molecule has 1 saturated heterocycles. The van der Waals surface area contributed by atoms with Crippen molar-refractivity contribution in [2.75, 3.05) is 11.1 Å². The smallest absolute Gasteiger partial charge is 0.355 e. The number of esters is 1. The second kappa shape index (κ2) is 10.5. The molecule has 0 radical (unpaired) electrons. The van der Waals surface area contributed by atoms with Gasteiger partial charge in [0.1, 0.15) is 23.7 Å². The number of nitro groups is 1. The predicted molar refractivity (Wildman–Crippen MR) is 129 cm³/mol. The van der Waals surface area contributed by atoms with Crippen molar-refractivity contribution in [2.24, 2.45) is 0 Å². The zero-order valence-electron chi connectivity index (χ0n) is 18.2. The number of halogens is 1. The molecule has 182 valence electrons. The average Bonchev–Trinajstić information content (AvgIpc) is 2.86. The molecule has 3 unspecified atom stereocenters. The molecule has 10 nitrogen and oxygen atoms in total. The number of alkyl halides is 1. The quantitative estimate of drug-likeness (QED) is 0.171. The van der Waals surface area contributed by atoms with Crippen LogP contribution in [0.1, 0.15) is 11.1 Å². The van der Waals surface area contributed by atoms with Gasteiger partial charge in [-0.2, -0.15) is 0 Å². The molecule has 2 aromatic rings. The highest BCUT2D eigenvalue weighted by Crippen LogP contribution is 2.36. The molecule has 0 bridgehead atoms. The third kappa shape index (κ3) is 5.17. The van der Waals surface area contributed by atoms with Gasteiger partial charge in [-0.05, 0) is 28.8 Å². The number of β-lactam (4-membered cyclic amide) rings is 1. The first kappa shape index (κ1) is 24.7. The van der Waals surface area contributed by atoms with Crippen molar-refractivity contribution in [1.82, 2.24) is 10.2 Å². The van der Waals surface area contributed by atoms with Crippen molar-refractivity contribution in [2.45, 2.75) is 24.4 Å². The lowest BCUT2D eigenvalue weighted by molar-refractivity contribution is -0.384. The summed E-state index contributed by atoms with van der Waals surface area (Å²) in [6, 6.07) is 13.5. The first-order valence-electron chi connectivity index (χ1n) is 10.5. The van der Waals surface area contributed by atoms with Crippen LogP contribution in [0.15, 0.2) is 65.9 Å². The fourth-order valence-electron chi connectivity index (χ4n) is 3.88. The highest BCUT2D eigenvalue weighted by molar-refractivity contribution is 9.09. The fourth-order valence-corrected chi connectivity index (χ4v) is 6.29. The molecular weight excluding hydrogens is 542 g/mol. The Kier molecular flexibility index (Phi) is 7.41. The maximum Gasteiger partial charge on any atom is 0.355 e. The predicted octanol–water partition coefficient (Wildman–Crippen LogP) is 1.95. The van der Waals surface area contributed by atoms with Gasteiger partial charge in [0.15, 0.2) is 0 Å². The molecule has 2 aromatic carbocycles. The number of fused-ring (bicyclic) bond motifs is 1. The van der Waals surface area contributed by atoms with Crippen LogP contribution in [0.5, 0.6) is 0 Å². The van der Waals surface area contributed by atoms with E-state index >= 15 is 0 Å². The van der Waals surface area contributed by atoms with Crippen LogP contribution in [-0.2, 0) is 42.9 Å². The first-order chi connectivity index (χ1) is 16.8. The van der Waals surface area contributed by atoms with E-state index in [0.717, 1.165) is 10.5 Å². The van der Waals surface area contributed by atoms with Crippen molar-refractivity contribution in [1.29, 1.82) is 0 Å². The molecular formula is C23H20BrN3O7S. The van der Waals surface area contributed by atoms with E-state index in [4.69, 9.17) is 4.74 Å². The van der Waals surface area contributed by atoms with Crippen LogP contribution in [0.4, 0.5) is 5.69 Å². The maximum absolute atomic E-state index is 12.9. The molecule has 4 rings (SSSR count). The topological polar surface area (TPSA) is 136 Å². The lowest BCUT2D eigenvalue weighted by Crippen LogP contribution is -2.73. The number of nitro benzene ring substituents is 1. The Morgan fingerprint density at radius 3 is 2.46 bits per heavy atom. The van der Waals surface area contributed by atoms with Crippen LogP contribution >= 0.6 is 15.9 Å². The monoisotopic (exact) mass is 561 g/mol. The molecule has 12 heteroatoms. The van der Waals surface area contributed by atoms with E-state index in [1.807, 2.05) is 6.07 Å². The summed E-state index contributed by atoms with van der Waals surface area (Å²) in [6.07, 6.45) is 0.0661. The molecule has 0 aromatic heterocycles. The van der Waals surface area contributed by atoms with Crippen LogP contribution in [0.3, 0.4) is 0 Å². The van der Waals surface area contributed by atoms with Crippen molar-refractivity contribution in [3.8, 4) is 0 Å². The van der Waals surface area contributed by atoms with Crippen LogP contribution in [0.2, 0.25) is 0 Å². The van der Waals surface area contributed by atoms with Crippen LogP contribution in [-0.4, -0.2) is 54.3 Å². The average molecular weight is 562 g/mol. The van der Waals surface area contributed by atoms with Gasteiger partial charge in [0.25, 0.3) is 11.6 Å². The third-order valence-electron chi connectivity index (χ3n) is 5.60. The van der Waals surface area contributed by atoms with Gasteiger partial charge in [-0.1, -0.05) is 46.3 Å². The normalized spacial score (nSPS) is 21.1. The Morgan fingerprint density at radius 2 is 1.83 bits per heavy atom. The van der Waals surface area contributed by atoms with E-state index in [1.54, 1.807) is 24.3 Å². The van der Waals surface area contributed by atoms with E-state index < -0.39 is 39.0 Å². The van der Waals surface area contributed by atoms with E-state index in [1.165, 1.54) is 24.3 Å². The van der Waals surface area contributed by atoms with Crippen LogP contribution in [0, 0.1) is 10.1 Å². The zero-order valence-corrected chi connectivity index (χ0v) is 20.6. The number of hydrogen-bond donors (Lipinski definition) is 1. The van der Waals surface area contributed by atoms with Gasteiger partial charge in [-0.3, -0.25) is 28.8 Å². The molecule has 0 aliphatic carbocycles. The van der Waals surface area contributed by atoms with Gasteiger partial charge in [0.05, 0.1) is 27.9 Å². The first-order valence-corrected chi connectivity index (χ1v) is 13.0. The van der Waals surface area contributed by atoms with Crippen LogP contribution < -0.4 is 5.32 Å². The Hall–Kier alpha value is -3.38. The van der Waals surface area contributed by atoms with E-state index in [2.05, 4.69) is 21.2 Å². The van der Waals surface area contributed by atoms with Crippen molar-refractivity contribution >= 4 is 50.2 Å². The summed E-state index contributed by atoms with van der Waals surface area (Å²) in [5, 5.41) is 12.8. The maximum atomic E-state index is 12.9. The zero-order chi connectivity index (χ0) is 25.1. The Labute approximate surface area is 211 Å². The second-order valence-corrected chi connectivity index (χ2v) is 10.0. The molecule has 0 spiro atoms. The van der Waals surface area contributed by atoms with Crippen molar-refractivity contribution in [3.63, 3.8) is 0 Å². The summed E-state index contributed by atoms with van der Waals surface area (Å²) in [5.74, 6) is -1.65. The minimum absolute atomic E-state index is 0.00643. The minimum atomic E-state index is -1.53. The fraction of sp³-hybridized carbons (Fsp3) is 0.261. The summed E-state index contributed by atoms with van der Waals surface area (Å²) in [5.41, 5.74) is 1.67. The van der Waals surface area contributed by atoms with Gasteiger partial charge in [0, 0.05) is 17.5 Å². The number of nitrogens with one attached hydrogen (secondary N) is 1. The number of carbonyl (C=O) groups is 3. The molecule has 2 aliphatic heterocycles. The molecule has 35 heavy (non-hydrogen) atoms. The van der Waals surface area contributed by atoms with E-state index in [0.29, 0.717) is 11.1 Å². The summed E-state index contributed by atoms with van der Waals surface area (Å²) in [6.45, 7) is -0.164. The molecule has 2 amide bonds. The van der Waals surface area contributed by atoms with E-state index in [9.17, 15) is 28.7 Å². The lowest BCUT2D eigenvalue weighted by Gasteiger charge is -2.49. The van der Waals surface area contributed by atoms with Crippen molar-refractivity contribution in [3.05, 3.63) is 87.1 Å². The second-order valence-electron chi connectivity index (χ2n) is 7.92. The van der Waals surface area contributed by atoms with Gasteiger partial charge >= 0.3 is 5.97 Å². The molecule has 1 fully saturated rings. The van der Waals surface area contributed by atoms with Gasteiger partial charge < -0.3 is 10.1 Å². The van der Waals surface area contributed by atoms with Crippen LogP contribution in [0.25, 0.3) is 0 Å².